The van der Waals surface area contributed by atoms with E-state index in [1.807, 2.05) is 0 Å². The van der Waals surface area contributed by atoms with Crippen molar-refractivity contribution in [2.45, 2.75) is 393 Å². The molecule has 0 aromatic rings. The Hall–Kier alpha value is -4.02. The molecule has 614 valence electrons. The molecular weight excluding hydrogens is 1380 g/mol. The van der Waals surface area contributed by atoms with Crippen molar-refractivity contribution in [3.63, 3.8) is 0 Å². The van der Waals surface area contributed by atoms with Gasteiger partial charge in [0.2, 0.25) is 0 Å². The number of allylic oxidation sites excluding steroid dienone is 16. The molecule has 0 amide bonds. The van der Waals surface area contributed by atoms with Crippen LogP contribution in [0.15, 0.2) is 97.2 Å². The third kappa shape index (κ3) is 78.1. The molecule has 0 bridgehead atoms. The van der Waals surface area contributed by atoms with E-state index >= 15 is 0 Å². The summed E-state index contributed by atoms with van der Waals surface area (Å²) in [4.78, 5) is 73.2. The number of carbonyl (C=O) groups excluding carboxylic acids is 4. The third-order valence-corrected chi connectivity index (χ3v) is 20.0. The van der Waals surface area contributed by atoms with Crippen LogP contribution in [-0.4, -0.2) is 96.7 Å². The Morgan fingerprint density at radius 1 is 0.274 bits per heavy atom. The van der Waals surface area contributed by atoms with Gasteiger partial charge in [-0.05, 0) is 103 Å². The topological polar surface area (TPSA) is 237 Å². The lowest BCUT2D eigenvalue weighted by Crippen LogP contribution is -2.30. The Bertz CT molecular complexity index is 2380. The van der Waals surface area contributed by atoms with Crippen LogP contribution in [0.4, 0.5) is 0 Å². The fourth-order valence-corrected chi connectivity index (χ4v) is 13.3. The van der Waals surface area contributed by atoms with Crippen molar-refractivity contribution in [2.75, 3.05) is 39.6 Å². The lowest BCUT2D eigenvalue weighted by molar-refractivity contribution is -0.161. The Balaban J connectivity index is 5.33. The highest BCUT2D eigenvalue weighted by atomic mass is 31.2. The fourth-order valence-electron chi connectivity index (χ4n) is 11.7. The first-order valence-corrected chi connectivity index (χ1v) is 45.5. The summed E-state index contributed by atoms with van der Waals surface area (Å²) < 4.78 is 68.8. The normalized spacial score (nSPS) is 14.3. The number of unbranched alkanes of at least 4 members (excludes halogenated alkanes) is 38. The van der Waals surface area contributed by atoms with Gasteiger partial charge in [-0.2, -0.15) is 0 Å². The van der Waals surface area contributed by atoms with Gasteiger partial charge in [-0.15, -0.1) is 0 Å². The maximum atomic E-state index is 13.1. The van der Waals surface area contributed by atoms with E-state index in [4.69, 9.17) is 37.0 Å². The van der Waals surface area contributed by atoms with Crippen LogP contribution in [0, 0.1) is 0 Å². The van der Waals surface area contributed by atoms with Crippen LogP contribution in [0.5, 0.6) is 0 Å². The number of esters is 4. The second kappa shape index (κ2) is 79.1. The van der Waals surface area contributed by atoms with Crippen molar-refractivity contribution >= 4 is 39.5 Å². The smallest absolute Gasteiger partial charge is 0.462 e. The van der Waals surface area contributed by atoms with Gasteiger partial charge in [-0.1, -0.05) is 343 Å². The first-order valence-electron chi connectivity index (χ1n) is 42.5. The molecule has 5 atom stereocenters. The number of aliphatic hydroxyl groups excluding tert-OH is 1. The molecule has 0 aliphatic rings. The highest BCUT2D eigenvalue weighted by Crippen LogP contribution is 2.45. The second-order valence-corrected chi connectivity index (χ2v) is 31.3. The second-order valence-electron chi connectivity index (χ2n) is 28.4. The van der Waals surface area contributed by atoms with Gasteiger partial charge in [-0.3, -0.25) is 37.3 Å². The highest BCUT2D eigenvalue weighted by molar-refractivity contribution is 7.47. The SMILES string of the molecule is CC/C=C\C/C=C\C/C=C\C/C=C\CCCCCCCCC(=O)OCC(COP(=O)(O)OCC(O)COP(=O)(O)OCC(COC(=O)CCCCCCCC/C=C\C/C=C\C/C=C\C/C=C\CC)OC(=O)CCCCCCCCCCCCCCCCC)OC(=O)CCCCCCCCCCCCCCC. The van der Waals surface area contributed by atoms with Gasteiger partial charge in [0.15, 0.2) is 12.2 Å². The number of hydrogen-bond acceptors (Lipinski definition) is 15. The highest BCUT2D eigenvalue weighted by Gasteiger charge is 2.30. The third-order valence-electron chi connectivity index (χ3n) is 18.1. The van der Waals surface area contributed by atoms with Crippen LogP contribution in [-0.2, 0) is 65.4 Å². The first-order chi connectivity index (χ1) is 51.7. The number of ether oxygens (including phenoxy) is 4. The van der Waals surface area contributed by atoms with Crippen molar-refractivity contribution in [3.05, 3.63) is 97.2 Å². The first kappa shape index (κ1) is 102. The van der Waals surface area contributed by atoms with Gasteiger partial charge in [0.25, 0.3) is 0 Å². The molecule has 5 unspecified atom stereocenters. The molecule has 0 rings (SSSR count). The molecule has 0 aliphatic carbocycles. The molecule has 0 aliphatic heterocycles. The largest absolute Gasteiger partial charge is 0.472 e. The summed E-state index contributed by atoms with van der Waals surface area (Å²) in [5.41, 5.74) is 0. The summed E-state index contributed by atoms with van der Waals surface area (Å²) in [6.45, 7) is 4.70. The van der Waals surface area contributed by atoms with Crippen molar-refractivity contribution in [2.24, 2.45) is 0 Å². The number of phosphoric ester groups is 2. The average Bonchev–Trinajstić information content (AvgIpc) is 0.901. The molecule has 3 N–H and O–H groups in total. The molecule has 0 aromatic heterocycles. The quantitative estimate of drug-likeness (QED) is 0.0169. The number of phosphoric acid groups is 2. The van der Waals surface area contributed by atoms with Crippen molar-refractivity contribution in [1.82, 2.24) is 0 Å². The fraction of sp³-hybridized carbons (Fsp3) is 0.770. The molecule has 0 spiro atoms. The van der Waals surface area contributed by atoms with Crippen LogP contribution < -0.4 is 0 Å². The van der Waals surface area contributed by atoms with Crippen LogP contribution in [0.2, 0.25) is 0 Å². The van der Waals surface area contributed by atoms with E-state index in [-0.39, 0.29) is 25.7 Å². The standard InChI is InChI=1S/C87H154O17P2/c1-5-9-13-17-21-25-29-33-36-38-40-42-45-48-51-55-59-63-67-71-84(89)97-77-82(103-86(91)73-69-65-61-57-53-47-32-28-24-20-16-12-8-4)79-101-105(93,94)99-75-81(88)76-100-106(95,96)102-80-83(104-87(92)74-70-66-62-58-54-50-44-35-31-27-23-19-15-11-7-3)78-98-85(90)72-68-64-60-56-52-49-46-43-41-39-37-34-30-26-22-18-14-10-6-2/h9-10,13-14,21-22,25-26,33-34,36-37,40-43,81-83,88H,5-8,11-12,15-20,23-24,27-32,35,38-39,44-80H2,1-4H3,(H,93,94)(H,95,96)/b13-9-,14-10-,25-21-,26-22-,36-33-,37-34-,42-40-,43-41-. The minimum Gasteiger partial charge on any atom is -0.462 e. The molecule has 0 radical (unpaired) electrons. The van der Waals surface area contributed by atoms with Crippen LogP contribution >= 0.6 is 15.6 Å². The van der Waals surface area contributed by atoms with E-state index in [0.717, 1.165) is 180 Å². The van der Waals surface area contributed by atoms with E-state index in [9.17, 15) is 43.2 Å². The Labute approximate surface area is 646 Å². The zero-order valence-electron chi connectivity index (χ0n) is 67.3. The molecule has 0 heterocycles. The molecule has 0 saturated carbocycles. The van der Waals surface area contributed by atoms with E-state index in [1.165, 1.54) is 116 Å². The summed E-state index contributed by atoms with van der Waals surface area (Å²) in [5.74, 6) is -2.17. The molecule has 0 aromatic carbocycles. The Kier molecular flexibility index (Phi) is 76.1. The summed E-state index contributed by atoms with van der Waals surface area (Å²) in [5, 5.41) is 10.7. The van der Waals surface area contributed by atoms with E-state index in [2.05, 4.69) is 125 Å². The maximum Gasteiger partial charge on any atom is 0.472 e. The lowest BCUT2D eigenvalue weighted by atomic mass is 10.0. The van der Waals surface area contributed by atoms with E-state index in [0.29, 0.717) is 25.7 Å². The van der Waals surface area contributed by atoms with E-state index < -0.39 is 97.5 Å². The minimum atomic E-state index is -4.98. The molecule has 0 saturated heterocycles. The summed E-state index contributed by atoms with van der Waals surface area (Å²) >= 11 is 0. The predicted molar refractivity (Wildman–Crippen MR) is 436 cm³/mol. The molecule has 106 heavy (non-hydrogen) atoms. The minimum absolute atomic E-state index is 0.0955. The Morgan fingerprint density at radius 2 is 0.491 bits per heavy atom. The molecule has 19 heteroatoms. The van der Waals surface area contributed by atoms with Gasteiger partial charge >= 0.3 is 39.5 Å². The van der Waals surface area contributed by atoms with Gasteiger partial charge in [-0.25, -0.2) is 9.13 Å². The number of carbonyl (C=O) groups is 4. The predicted octanol–water partition coefficient (Wildman–Crippen LogP) is 25.1. The number of rotatable bonds is 80. The monoisotopic (exact) mass is 1530 g/mol. The summed E-state index contributed by atoms with van der Waals surface area (Å²) in [7, 11) is -9.96. The lowest BCUT2D eigenvalue weighted by Gasteiger charge is -2.21. The zero-order chi connectivity index (χ0) is 77.4. The summed E-state index contributed by atoms with van der Waals surface area (Å²) in [6.07, 6.45) is 85.1. The van der Waals surface area contributed by atoms with Gasteiger partial charge in [0.05, 0.1) is 26.4 Å². The van der Waals surface area contributed by atoms with Crippen molar-refractivity contribution in [3.8, 4) is 0 Å². The summed E-state index contributed by atoms with van der Waals surface area (Å²) in [6, 6.07) is 0. The Morgan fingerprint density at radius 3 is 0.755 bits per heavy atom. The van der Waals surface area contributed by atoms with Crippen LogP contribution in [0.25, 0.3) is 0 Å². The van der Waals surface area contributed by atoms with E-state index in [1.54, 1.807) is 0 Å². The van der Waals surface area contributed by atoms with Gasteiger partial charge < -0.3 is 33.8 Å². The zero-order valence-corrected chi connectivity index (χ0v) is 69.1. The molecule has 0 fully saturated rings. The van der Waals surface area contributed by atoms with Crippen molar-refractivity contribution < 1.29 is 80.2 Å². The molecular formula is C87H154O17P2. The van der Waals surface area contributed by atoms with Gasteiger partial charge in [0, 0.05) is 25.7 Å². The maximum absolute atomic E-state index is 13.1. The van der Waals surface area contributed by atoms with Crippen molar-refractivity contribution in [1.29, 1.82) is 0 Å². The number of aliphatic hydroxyl groups is 1. The van der Waals surface area contributed by atoms with Crippen LogP contribution in [0.1, 0.15) is 374 Å². The average molecular weight is 1530 g/mol. The van der Waals surface area contributed by atoms with Crippen LogP contribution in [0.3, 0.4) is 0 Å². The van der Waals surface area contributed by atoms with Gasteiger partial charge in [0.1, 0.15) is 19.3 Å². The molecule has 17 nitrogen and oxygen atoms in total. The number of hydrogen-bond donors (Lipinski definition) is 3.